The van der Waals surface area contributed by atoms with E-state index in [9.17, 15) is 4.79 Å². The smallest absolute Gasteiger partial charge is 0.357 e. The summed E-state index contributed by atoms with van der Waals surface area (Å²) < 4.78 is 6.34. The summed E-state index contributed by atoms with van der Waals surface area (Å²) in [6, 6.07) is 0. The monoisotopic (exact) mass is 225 g/mol. The number of carbonyl (C=O) groups is 1. The van der Waals surface area contributed by atoms with Crippen LogP contribution in [0, 0.1) is 0 Å². The zero-order valence-corrected chi connectivity index (χ0v) is 8.95. The first kappa shape index (κ1) is 9.92. The number of ether oxygens (including phenoxy) is 1. The Morgan fingerprint density at radius 2 is 2.27 bits per heavy atom. The molecule has 0 spiro atoms. The highest BCUT2D eigenvalue weighted by molar-refractivity contribution is 6.36. The number of carbonyl (C=O) groups excluding carboxylic acids is 1. The molecule has 0 fully saturated rings. The molecule has 0 unspecified atom stereocenters. The molecule has 0 bridgehead atoms. The Hall–Kier alpha value is -1.62. The lowest BCUT2D eigenvalue weighted by molar-refractivity contribution is 0.0596. The second-order valence-corrected chi connectivity index (χ2v) is 3.41. The molecular weight excluding hydrogens is 218 g/mol. The summed E-state index contributed by atoms with van der Waals surface area (Å²) >= 11 is 5.98. The van der Waals surface area contributed by atoms with Gasteiger partial charge in [-0.2, -0.15) is 0 Å². The maximum Gasteiger partial charge on any atom is 0.357 e. The van der Waals surface area contributed by atoms with Gasteiger partial charge in [-0.1, -0.05) is 11.6 Å². The van der Waals surface area contributed by atoms with Crippen LogP contribution in [0.5, 0.6) is 0 Å². The minimum Gasteiger partial charge on any atom is -0.464 e. The van der Waals surface area contributed by atoms with Crippen molar-refractivity contribution in [1.29, 1.82) is 0 Å². The molecule has 15 heavy (non-hydrogen) atoms. The van der Waals surface area contributed by atoms with Crippen molar-refractivity contribution < 1.29 is 9.53 Å². The Kier molecular flexibility index (Phi) is 2.32. The fraction of sp³-hybridized carbons (Fsp3) is 0.222. The van der Waals surface area contributed by atoms with Gasteiger partial charge >= 0.3 is 5.97 Å². The molecule has 0 N–H and O–H groups in total. The first-order valence-corrected chi connectivity index (χ1v) is 4.56. The van der Waals surface area contributed by atoms with E-state index in [2.05, 4.69) is 14.7 Å². The van der Waals surface area contributed by atoms with Gasteiger partial charge < -0.3 is 9.30 Å². The summed E-state index contributed by atoms with van der Waals surface area (Å²) in [6.45, 7) is 0. The average molecular weight is 226 g/mol. The molecule has 0 saturated heterocycles. The zero-order chi connectivity index (χ0) is 11.0. The summed E-state index contributed by atoms with van der Waals surface area (Å²) in [5, 5.41) is 0.960. The van der Waals surface area contributed by atoms with Crippen molar-refractivity contribution in [3.05, 3.63) is 23.2 Å². The highest BCUT2D eigenvalue weighted by Crippen LogP contribution is 2.25. The molecule has 0 saturated carbocycles. The summed E-state index contributed by atoms with van der Waals surface area (Å²) in [4.78, 5) is 19.3. The maximum atomic E-state index is 11.4. The number of esters is 1. The van der Waals surface area contributed by atoms with Crippen LogP contribution in [0.4, 0.5) is 0 Å². The van der Waals surface area contributed by atoms with Gasteiger partial charge in [-0.3, -0.25) is 0 Å². The summed E-state index contributed by atoms with van der Waals surface area (Å²) in [5.41, 5.74) is 0.795. The van der Waals surface area contributed by atoms with Crippen molar-refractivity contribution in [2.24, 2.45) is 7.05 Å². The van der Waals surface area contributed by atoms with Crippen LogP contribution in [-0.2, 0) is 11.8 Å². The quantitative estimate of drug-likeness (QED) is 0.689. The van der Waals surface area contributed by atoms with Gasteiger partial charge in [0, 0.05) is 13.2 Å². The molecule has 2 rings (SSSR count). The lowest BCUT2D eigenvalue weighted by Gasteiger charge is -2.00. The molecule has 2 heterocycles. The Labute approximate surface area is 90.6 Å². The highest BCUT2D eigenvalue weighted by atomic mass is 35.5. The number of halogens is 1. The van der Waals surface area contributed by atoms with Crippen molar-refractivity contribution in [3.63, 3.8) is 0 Å². The van der Waals surface area contributed by atoms with Crippen LogP contribution < -0.4 is 0 Å². The molecule has 0 aliphatic carbocycles. The number of fused-ring (bicyclic) bond motifs is 1. The summed E-state index contributed by atoms with van der Waals surface area (Å²) in [7, 11) is 3.09. The van der Waals surface area contributed by atoms with Crippen molar-refractivity contribution in [1.82, 2.24) is 14.5 Å². The molecule has 0 atom stereocenters. The molecule has 0 aliphatic rings. The van der Waals surface area contributed by atoms with Crippen LogP contribution in [-0.4, -0.2) is 27.6 Å². The predicted molar refractivity (Wildman–Crippen MR) is 54.9 cm³/mol. The molecular formula is C9H8ClN3O2. The molecule has 2 aromatic rings. The molecule has 2 aromatic heterocycles. The molecule has 5 nitrogen and oxygen atoms in total. The summed E-state index contributed by atoms with van der Waals surface area (Å²) in [5.74, 6) is -0.518. The van der Waals surface area contributed by atoms with Gasteiger partial charge in [-0.05, 0) is 0 Å². The minimum absolute atomic E-state index is 0.188. The van der Waals surface area contributed by atoms with Crippen molar-refractivity contribution >= 4 is 28.6 Å². The van der Waals surface area contributed by atoms with E-state index in [1.165, 1.54) is 13.4 Å². The minimum atomic E-state index is -0.518. The van der Waals surface area contributed by atoms with Gasteiger partial charge in [0.2, 0.25) is 0 Å². The third kappa shape index (κ3) is 1.45. The maximum absolute atomic E-state index is 11.4. The lowest BCUT2D eigenvalue weighted by Crippen LogP contribution is -2.05. The number of hydrogen-bond donors (Lipinski definition) is 0. The molecule has 0 amide bonds. The average Bonchev–Trinajstić information content (AvgIpc) is 2.54. The number of aromatic nitrogens is 3. The van der Waals surface area contributed by atoms with Crippen LogP contribution in [0.1, 0.15) is 10.5 Å². The Bertz CT molecular complexity index is 535. The summed E-state index contributed by atoms with van der Waals surface area (Å²) in [6.07, 6.45) is 2.98. The van der Waals surface area contributed by atoms with Gasteiger partial charge in [0.15, 0.2) is 5.69 Å². The van der Waals surface area contributed by atoms with E-state index >= 15 is 0 Å². The van der Waals surface area contributed by atoms with Crippen LogP contribution in [0.15, 0.2) is 12.5 Å². The van der Waals surface area contributed by atoms with Crippen LogP contribution >= 0.6 is 11.6 Å². The topological polar surface area (TPSA) is 57.0 Å². The molecule has 6 heteroatoms. The number of methoxy groups -OCH3 is 1. The SMILES string of the molecule is COC(=O)c1ncnc2c1c(Cl)cn2C. The molecule has 0 aliphatic heterocycles. The molecule has 0 aromatic carbocycles. The lowest BCUT2D eigenvalue weighted by atomic mass is 10.3. The Morgan fingerprint density at radius 1 is 1.53 bits per heavy atom. The Balaban J connectivity index is 2.80. The van der Waals surface area contributed by atoms with Gasteiger partial charge in [-0.25, -0.2) is 14.8 Å². The molecule has 78 valence electrons. The first-order valence-electron chi connectivity index (χ1n) is 4.19. The van der Waals surface area contributed by atoms with Gasteiger partial charge in [-0.15, -0.1) is 0 Å². The fourth-order valence-electron chi connectivity index (χ4n) is 1.41. The van der Waals surface area contributed by atoms with Crippen molar-refractivity contribution in [2.75, 3.05) is 7.11 Å². The van der Waals surface area contributed by atoms with E-state index in [0.29, 0.717) is 16.1 Å². The highest BCUT2D eigenvalue weighted by Gasteiger charge is 2.17. The van der Waals surface area contributed by atoms with Crippen LogP contribution in [0.2, 0.25) is 5.02 Å². The van der Waals surface area contributed by atoms with E-state index in [0.717, 1.165) is 0 Å². The number of nitrogens with zero attached hydrogens (tertiary/aromatic N) is 3. The second-order valence-electron chi connectivity index (χ2n) is 3.00. The van der Waals surface area contributed by atoms with Gasteiger partial charge in [0.1, 0.15) is 12.0 Å². The van der Waals surface area contributed by atoms with E-state index in [1.54, 1.807) is 17.8 Å². The third-order valence-electron chi connectivity index (χ3n) is 2.09. The molecule has 0 radical (unpaired) electrons. The third-order valence-corrected chi connectivity index (χ3v) is 2.37. The second kappa shape index (κ2) is 3.51. The Morgan fingerprint density at radius 3 is 2.93 bits per heavy atom. The largest absolute Gasteiger partial charge is 0.464 e. The zero-order valence-electron chi connectivity index (χ0n) is 8.19. The van der Waals surface area contributed by atoms with Crippen molar-refractivity contribution in [2.45, 2.75) is 0 Å². The van der Waals surface area contributed by atoms with Gasteiger partial charge in [0.25, 0.3) is 0 Å². The fourth-order valence-corrected chi connectivity index (χ4v) is 1.73. The predicted octanol–water partition coefficient (Wildman–Crippen LogP) is 1.41. The van der Waals surface area contributed by atoms with E-state index in [4.69, 9.17) is 11.6 Å². The standard InChI is InChI=1S/C9H8ClN3O2/c1-13-3-5(10)6-7(9(14)15-2)11-4-12-8(6)13/h3-4H,1-2H3. The van der Waals surface area contributed by atoms with E-state index < -0.39 is 5.97 Å². The van der Waals surface area contributed by atoms with E-state index in [-0.39, 0.29) is 5.69 Å². The number of aryl methyl sites for hydroxylation is 1. The first-order chi connectivity index (χ1) is 7.15. The van der Waals surface area contributed by atoms with E-state index in [1.807, 2.05) is 0 Å². The van der Waals surface area contributed by atoms with Crippen LogP contribution in [0.3, 0.4) is 0 Å². The van der Waals surface area contributed by atoms with Gasteiger partial charge in [0.05, 0.1) is 17.5 Å². The van der Waals surface area contributed by atoms with Crippen molar-refractivity contribution in [3.8, 4) is 0 Å². The number of hydrogen-bond acceptors (Lipinski definition) is 4. The normalized spacial score (nSPS) is 10.6. The number of rotatable bonds is 1. The van der Waals surface area contributed by atoms with Crippen LogP contribution in [0.25, 0.3) is 11.0 Å².